The molecule has 3 rings (SSSR count). The summed E-state index contributed by atoms with van der Waals surface area (Å²) in [5.74, 6) is 0.00350. The van der Waals surface area contributed by atoms with E-state index in [-0.39, 0.29) is 36.9 Å². The maximum Gasteiger partial charge on any atom is 0.306 e. The van der Waals surface area contributed by atoms with Crippen LogP contribution in [0.2, 0.25) is 0 Å². The van der Waals surface area contributed by atoms with Gasteiger partial charge in [0.1, 0.15) is 5.82 Å². The minimum Gasteiger partial charge on any atom is -0.466 e. The largest absolute Gasteiger partial charge is 0.466 e. The van der Waals surface area contributed by atoms with Crippen LogP contribution in [0.4, 0.5) is 0 Å². The Hall–Kier alpha value is -3.48. The zero-order valence-corrected chi connectivity index (χ0v) is 21.1. The zero-order chi connectivity index (χ0) is 25.4. The topological polar surface area (TPSA) is 81.5 Å². The van der Waals surface area contributed by atoms with Crippen molar-refractivity contribution >= 4 is 22.8 Å². The fraction of sp³-hybridized carbons (Fsp3) is 0.429. The molecule has 0 N–H and O–H groups in total. The van der Waals surface area contributed by atoms with Crippen molar-refractivity contribution in [3.63, 3.8) is 0 Å². The summed E-state index contributed by atoms with van der Waals surface area (Å²) in [4.78, 5) is 45.7. The monoisotopic (exact) mass is 477 g/mol. The Morgan fingerprint density at radius 2 is 1.83 bits per heavy atom. The predicted octanol–water partition coefficient (Wildman–Crippen LogP) is 5.12. The summed E-state index contributed by atoms with van der Waals surface area (Å²) in [6.45, 7) is 8.59. The van der Waals surface area contributed by atoms with Crippen molar-refractivity contribution in [3.05, 3.63) is 70.3 Å². The van der Waals surface area contributed by atoms with Gasteiger partial charge in [0, 0.05) is 13.0 Å². The lowest BCUT2D eigenvalue weighted by molar-refractivity contribution is -0.146. The molecular formula is C28H35N3O4. The van der Waals surface area contributed by atoms with Gasteiger partial charge in [-0.2, -0.15) is 0 Å². The number of aromatic nitrogens is 2. The van der Waals surface area contributed by atoms with Crippen LogP contribution in [-0.4, -0.2) is 39.5 Å². The Kier molecular flexibility index (Phi) is 9.18. The van der Waals surface area contributed by atoms with Crippen LogP contribution >= 0.6 is 0 Å². The molecule has 35 heavy (non-hydrogen) atoms. The minimum atomic E-state index is -0.422. The van der Waals surface area contributed by atoms with Crippen LogP contribution in [0.25, 0.3) is 16.6 Å². The number of hydrogen-bond acceptors (Lipinski definition) is 5. The number of esters is 1. The zero-order valence-electron chi connectivity index (χ0n) is 21.1. The van der Waals surface area contributed by atoms with E-state index in [1.54, 1.807) is 22.5 Å². The summed E-state index contributed by atoms with van der Waals surface area (Å²) < 4.78 is 6.65. The highest BCUT2D eigenvalue weighted by Crippen LogP contribution is 2.27. The van der Waals surface area contributed by atoms with Gasteiger partial charge < -0.3 is 9.64 Å². The Morgan fingerprint density at radius 3 is 2.51 bits per heavy atom. The van der Waals surface area contributed by atoms with Crippen molar-refractivity contribution in [2.75, 3.05) is 13.2 Å². The number of hydrogen-bond donors (Lipinski definition) is 0. The number of carbonyl (C=O) groups is 2. The molecule has 7 nitrogen and oxygen atoms in total. The van der Waals surface area contributed by atoms with E-state index in [9.17, 15) is 14.4 Å². The number of aryl methyl sites for hydroxylation is 1. The Balaban J connectivity index is 2.14. The van der Waals surface area contributed by atoms with Crippen LogP contribution in [0.1, 0.15) is 70.3 Å². The summed E-state index contributed by atoms with van der Waals surface area (Å²) in [5.41, 5.74) is 2.18. The smallest absolute Gasteiger partial charge is 0.306 e. The van der Waals surface area contributed by atoms with Crippen molar-refractivity contribution in [1.29, 1.82) is 0 Å². The number of nitrogens with zero attached hydrogens (tertiary/aromatic N) is 3. The van der Waals surface area contributed by atoms with Crippen LogP contribution in [0.15, 0.2) is 53.3 Å². The standard InChI is InChI=1S/C28H35N3O4/c1-5-8-18-30(25(32)16-17-26(33)35-7-3)24(6-2)27-29-23-15-10-9-14-22(23)28(34)31(27)21-13-11-12-20(4)19-21/h9-15,19,24H,5-8,16-18H2,1-4H3. The van der Waals surface area contributed by atoms with E-state index < -0.39 is 6.04 Å². The number of unbranched alkanes of at least 4 members (excludes halogenated alkanes) is 1. The molecule has 3 aromatic rings. The van der Waals surface area contributed by atoms with Gasteiger partial charge in [-0.05, 0) is 56.5 Å². The highest BCUT2D eigenvalue weighted by atomic mass is 16.5. The van der Waals surface area contributed by atoms with Gasteiger partial charge in [-0.3, -0.25) is 19.0 Å². The van der Waals surface area contributed by atoms with E-state index in [0.29, 0.717) is 29.7 Å². The fourth-order valence-electron chi connectivity index (χ4n) is 4.30. The van der Waals surface area contributed by atoms with E-state index in [1.807, 2.05) is 56.3 Å². The molecule has 7 heteroatoms. The number of fused-ring (bicyclic) bond motifs is 1. The molecule has 0 aliphatic rings. The number of ether oxygens (including phenoxy) is 1. The van der Waals surface area contributed by atoms with Crippen molar-refractivity contribution < 1.29 is 14.3 Å². The third-order valence-corrected chi connectivity index (χ3v) is 6.04. The van der Waals surface area contributed by atoms with Crippen molar-refractivity contribution in [2.45, 2.75) is 65.8 Å². The molecule has 1 unspecified atom stereocenters. The normalized spacial score (nSPS) is 11.9. The average Bonchev–Trinajstić information content (AvgIpc) is 2.85. The Morgan fingerprint density at radius 1 is 1.06 bits per heavy atom. The molecule has 0 spiro atoms. The summed E-state index contributed by atoms with van der Waals surface area (Å²) >= 11 is 0. The second-order valence-corrected chi connectivity index (χ2v) is 8.64. The molecule has 0 bridgehead atoms. The van der Waals surface area contributed by atoms with Crippen molar-refractivity contribution in [1.82, 2.24) is 14.5 Å². The minimum absolute atomic E-state index is 0.0293. The summed E-state index contributed by atoms with van der Waals surface area (Å²) in [7, 11) is 0. The second kappa shape index (κ2) is 12.3. The molecule has 1 aromatic heterocycles. The lowest BCUT2D eigenvalue weighted by atomic mass is 10.1. The van der Waals surface area contributed by atoms with E-state index >= 15 is 0 Å². The van der Waals surface area contributed by atoms with E-state index in [2.05, 4.69) is 6.92 Å². The molecule has 1 heterocycles. The SMILES string of the molecule is CCCCN(C(=O)CCC(=O)OCC)C(CC)c1nc2ccccc2c(=O)n1-c1cccc(C)c1. The van der Waals surface area contributed by atoms with E-state index in [1.165, 1.54) is 0 Å². The molecule has 0 aliphatic heterocycles. The van der Waals surface area contributed by atoms with Gasteiger partial charge in [-0.1, -0.05) is 44.5 Å². The first-order chi connectivity index (χ1) is 16.9. The Labute approximate surface area is 206 Å². The summed E-state index contributed by atoms with van der Waals surface area (Å²) in [6, 6.07) is 14.6. The molecule has 0 fully saturated rings. The van der Waals surface area contributed by atoms with Gasteiger partial charge >= 0.3 is 5.97 Å². The molecular weight excluding hydrogens is 442 g/mol. The first kappa shape index (κ1) is 26.1. The van der Waals surface area contributed by atoms with Gasteiger partial charge in [0.05, 0.1) is 35.7 Å². The van der Waals surface area contributed by atoms with Crippen LogP contribution < -0.4 is 5.56 Å². The molecule has 0 saturated carbocycles. The highest BCUT2D eigenvalue weighted by Gasteiger charge is 2.29. The van der Waals surface area contributed by atoms with E-state index in [0.717, 1.165) is 24.1 Å². The maximum atomic E-state index is 13.7. The second-order valence-electron chi connectivity index (χ2n) is 8.64. The number of carbonyl (C=O) groups excluding carboxylic acids is 2. The summed E-state index contributed by atoms with van der Waals surface area (Å²) in [6.07, 6.45) is 2.38. The van der Waals surface area contributed by atoms with E-state index in [4.69, 9.17) is 9.72 Å². The Bertz CT molecular complexity index is 1230. The molecule has 2 aromatic carbocycles. The van der Waals surface area contributed by atoms with Gasteiger partial charge in [-0.25, -0.2) is 4.98 Å². The maximum absolute atomic E-state index is 13.7. The first-order valence-corrected chi connectivity index (χ1v) is 12.4. The number of benzene rings is 2. The molecule has 0 aliphatic carbocycles. The lowest BCUT2D eigenvalue weighted by Crippen LogP contribution is -2.39. The van der Waals surface area contributed by atoms with Gasteiger partial charge in [0.25, 0.3) is 5.56 Å². The summed E-state index contributed by atoms with van der Waals surface area (Å²) in [5, 5.41) is 0.529. The number of para-hydroxylation sites is 1. The predicted molar refractivity (Wildman–Crippen MR) is 138 cm³/mol. The third kappa shape index (κ3) is 6.15. The molecule has 1 amide bonds. The number of rotatable bonds is 11. The van der Waals surface area contributed by atoms with Crippen LogP contribution in [0.3, 0.4) is 0 Å². The fourth-order valence-corrected chi connectivity index (χ4v) is 4.30. The molecule has 1 atom stereocenters. The first-order valence-electron chi connectivity index (χ1n) is 12.4. The quantitative estimate of drug-likeness (QED) is 0.358. The lowest BCUT2D eigenvalue weighted by Gasteiger charge is -2.32. The van der Waals surface area contributed by atoms with Gasteiger partial charge in [0.15, 0.2) is 0 Å². The third-order valence-electron chi connectivity index (χ3n) is 6.04. The molecule has 0 radical (unpaired) electrons. The van der Waals surface area contributed by atoms with Gasteiger partial charge in [0.2, 0.25) is 5.91 Å². The van der Waals surface area contributed by atoms with Gasteiger partial charge in [-0.15, -0.1) is 0 Å². The number of amides is 1. The van der Waals surface area contributed by atoms with Crippen LogP contribution in [0.5, 0.6) is 0 Å². The average molecular weight is 478 g/mol. The van der Waals surface area contributed by atoms with Crippen LogP contribution in [-0.2, 0) is 14.3 Å². The van der Waals surface area contributed by atoms with Crippen molar-refractivity contribution in [3.8, 4) is 5.69 Å². The molecule has 0 saturated heterocycles. The molecule has 186 valence electrons. The highest BCUT2D eigenvalue weighted by molar-refractivity contribution is 5.82. The van der Waals surface area contributed by atoms with Crippen molar-refractivity contribution in [2.24, 2.45) is 0 Å². The van der Waals surface area contributed by atoms with Crippen LogP contribution in [0, 0.1) is 6.92 Å².